The van der Waals surface area contributed by atoms with E-state index in [0.717, 1.165) is 41.5 Å². The third-order valence-electron chi connectivity index (χ3n) is 5.33. The summed E-state index contributed by atoms with van der Waals surface area (Å²) in [6, 6.07) is 2.20. The molecule has 25 heavy (non-hydrogen) atoms. The van der Waals surface area contributed by atoms with Gasteiger partial charge in [0.1, 0.15) is 5.82 Å². The summed E-state index contributed by atoms with van der Waals surface area (Å²) in [6.45, 7) is 4.40. The van der Waals surface area contributed by atoms with Gasteiger partial charge in [0.2, 0.25) is 0 Å². The molecule has 0 amide bonds. The van der Waals surface area contributed by atoms with Gasteiger partial charge in [-0.05, 0) is 47.3 Å². The highest BCUT2D eigenvalue weighted by Crippen LogP contribution is 2.26. The van der Waals surface area contributed by atoms with Crippen molar-refractivity contribution in [1.82, 2.24) is 13.6 Å². The Morgan fingerprint density at radius 1 is 1.16 bits per heavy atom. The quantitative estimate of drug-likeness (QED) is 0.736. The second-order valence-electron chi connectivity index (χ2n) is 7.00. The standard InChI is InChI=1S/C17H27BrN4O2S/c1-14-12-15(18)13-19-17(14)21-8-10-22(11-9-21)25(23,24)20(2)16-6-4-3-5-7-16/h12-13,16H,3-11H2,1-2H3. The van der Waals surface area contributed by atoms with Gasteiger partial charge in [0.05, 0.1) is 0 Å². The largest absolute Gasteiger partial charge is 0.354 e. The third-order valence-corrected chi connectivity index (χ3v) is 7.81. The summed E-state index contributed by atoms with van der Waals surface area (Å²) in [6.07, 6.45) is 7.25. The van der Waals surface area contributed by atoms with Gasteiger partial charge < -0.3 is 4.90 Å². The predicted molar refractivity (Wildman–Crippen MR) is 104 cm³/mol. The molecule has 140 valence electrons. The molecule has 2 fully saturated rings. The number of rotatable bonds is 4. The molecule has 0 radical (unpaired) electrons. The van der Waals surface area contributed by atoms with Crippen molar-refractivity contribution in [2.45, 2.75) is 45.1 Å². The van der Waals surface area contributed by atoms with Crippen LogP contribution in [0.25, 0.3) is 0 Å². The monoisotopic (exact) mass is 430 g/mol. The van der Waals surface area contributed by atoms with E-state index in [1.54, 1.807) is 21.9 Å². The van der Waals surface area contributed by atoms with Crippen molar-refractivity contribution in [2.24, 2.45) is 0 Å². The lowest BCUT2D eigenvalue weighted by atomic mass is 9.96. The summed E-state index contributed by atoms with van der Waals surface area (Å²) in [4.78, 5) is 6.67. The van der Waals surface area contributed by atoms with E-state index < -0.39 is 10.2 Å². The first-order valence-corrected chi connectivity index (χ1v) is 11.2. The zero-order valence-electron chi connectivity index (χ0n) is 15.0. The molecule has 1 aliphatic carbocycles. The van der Waals surface area contributed by atoms with Crippen molar-refractivity contribution in [2.75, 3.05) is 38.1 Å². The normalized spacial score (nSPS) is 21.0. The Morgan fingerprint density at radius 3 is 2.40 bits per heavy atom. The number of hydrogen-bond donors (Lipinski definition) is 0. The molecule has 8 heteroatoms. The van der Waals surface area contributed by atoms with Crippen LogP contribution in [0.1, 0.15) is 37.7 Å². The van der Waals surface area contributed by atoms with Gasteiger partial charge in [-0.3, -0.25) is 0 Å². The number of pyridine rings is 1. The molecule has 0 atom stereocenters. The van der Waals surface area contributed by atoms with E-state index in [2.05, 4.69) is 25.8 Å². The second kappa shape index (κ2) is 7.90. The fraction of sp³-hybridized carbons (Fsp3) is 0.706. The summed E-state index contributed by atoms with van der Waals surface area (Å²) in [5.41, 5.74) is 1.10. The highest BCUT2D eigenvalue weighted by atomic mass is 79.9. The van der Waals surface area contributed by atoms with Gasteiger partial charge in [0.15, 0.2) is 0 Å². The van der Waals surface area contributed by atoms with Crippen LogP contribution in [0, 0.1) is 6.92 Å². The number of halogens is 1. The van der Waals surface area contributed by atoms with Crippen LogP contribution in [0.15, 0.2) is 16.7 Å². The maximum absolute atomic E-state index is 13.0. The lowest BCUT2D eigenvalue weighted by molar-refractivity contribution is 0.259. The van der Waals surface area contributed by atoms with E-state index in [-0.39, 0.29) is 6.04 Å². The summed E-state index contributed by atoms with van der Waals surface area (Å²) in [7, 11) is -1.62. The van der Waals surface area contributed by atoms with Gasteiger partial charge in [-0.2, -0.15) is 17.0 Å². The maximum atomic E-state index is 13.0. The fourth-order valence-corrected chi connectivity index (χ4v) is 5.83. The van der Waals surface area contributed by atoms with Gasteiger partial charge in [0.25, 0.3) is 10.2 Å². The molecule has 0 unspecified atom stereocenters. The lowest BCUT2D eigenvalue weighted by Crippen LogP contribution is -2.54. The average Bonchev–Trinajstić information content (AvgIpc) is 2.62. The van der Waals surface area contributed by atoms with Gasteiger partial charge in [0, 0.05) is 49.9 Å². The van der Waals surface area contributed by atoms with Crippen LogP contribution in [0.2, 0.25) is 0 Å². The van der Waals surface area contributed by atoms with Crippen LogP contribution in [-0.4, -0.2) is 61.3 Å². The zero-order valence-corrected chi connectivity index (χ0v) is 17.4. The second-order valence-corrected chi connectivity index (χ2v) is 9.90. The van der Waals surface area contributed by atoms with Crippen LogP contribution < -0.4 is 4.90 Å². The number of hydrogen-bond acceptors (Lipinski definition) is 4. The fourth-order valence-electron chi connectivity index (χ4n) is 3.81. The number of aryl methyl sites for hydroxylation is 1. The molecule has 0 aromatic carbocycles. The van der Waals surface area contributed by atoms with Crippen molar-refractivity contribution in [3.63, 3.8) is 0 Å². The number of nitrogens with zero attached hydrogens (tertiary/aromatic N) is 4. The maximum Gasteiger partial charge on any atom is 0.282 e. The van der Waals surface area contributed by atoms with Crippen molar-refractivity contribution in [3.05, 3.63) is 22.3 Å². The molecule has 1 saturated carbocycles. The van der Waals surface area contributed by atoms with Crippen LogP contribution in [0.3, 0.4) is 0 Å². The molecule has 2 heterocycles. The molecule has 6 nitrogen and oxygen atoms in total. The van der Waals surface area contributed by atoms with E-state index >= 15 is 0 Å². The topological polar surface area (TPSA) is 56.8 Å². The van der Waals surface area contributed by atoms with Gasteiger partial charge >= 0.3 is 0 Å². The molecule has 0 bridgehead atoms. The Balaban J connectivity index is 1.64. The smallest absolute Gasteiger partial charge is 0.282 e. The number of piperazine rings is 1. The van der Waals surface area contributed by atoms with Crippen LogP contribution in [-0.2, 0) is 10.2 Å². The highest BCUT2D eigenvalue weighted by molar-refractivity contribution is 9.10. The van der Waals surface area contributed by atoms with Crippen molar-refractivity contribution >= 4 is 32.0 Å². The van der Waals surface area contributed by atoms with Gasteiger partial charge in [-0.1, -0.05) is 19.3 Å². The Hall–Kier alpha value is -0.700. The van der Waals surface area contributed by atoms with Gasteiger partial charge in [-0.25, -0.2) is 4.98 Å². The molecule has 1 aliphatic heterocycles. The summed E-state index contributed by atoms with van der Waals surface area (Å²) in [5.74, 6) is 0.945. The van der Waals surface area contributed by atoms with Gasteiger partial charge in [-0.15, -0.1) is 0 Å². The molecular weight excluding hydrogens is 404 g/mol. The number of aromatic nitrogens is 1. The Morgan fingerprint density at radius 2 is 1.80 bits per heavy atom. The Bertz CT molecular complexity index is 699. The molecule has 2 aliphatic rings. The minimum atomic E-state index is -3.37. The lowest BCUT2D eigenvalue weighted by Gasteiger charge is -2.39. The molecule has 1 aromatic rings. The van der Waals surface area contributed by atoms with E-state index in [9.17, 15) is 8.42 Å². The van der Waals surface area contributed by atoms with E-state index in [1.165, 1.54) is 6.42 Å². The highest BCUT2D eigenvalue weighted by Gasteiger charge is 2.34. The summed E-state index contributed by atoms with van der Waals surface area (Å²) < 4.78 is 30.1. The number of anilines is 1. The molecule has 0 spiro atoms. The first-order valence-electron chi connectivity index (χ1n) is 9.00. The predicted octanol–water partition coefficient (Wildman–Crippen LogP) is 2.78. The minimum Gasteiger partial charge on any atom is -0.354 e. The molecule has 1 aromatic heterocycles. The van der Waals surface area contributed by atoms with Crippen LogP contribution >= 0.6 is 15.9 Å². The SMILES string of the molecule is Cc1cc(Br)cnc1N1CCN(S(=O)(=O)N(C)C2CCCCC2)CC1. The van der Waals surface area contributed by atoms with E-state index in [1.807, 2.05) is 13.0 Å². The zero-order chi connectivity index (χ0) is 18.0. The third kappa shape index (κ3) is 4.18. The molecule has 1 saturated heterocycles. The molecule has 3 rings (SSSR count). The molecule has 0 N–H and O–H groups in total. The Kier molecular flexibility index (Phi) is 6.03. The first-order chi connectivity index (χ1) is 11.9. The molecular formula is C17H27BrN4O2S. The first kappa shape index (κ1) is 19.1. The van der Waals surface area contributed by atoms with Crippen molar-refractivity contribution in [1.29, 1.82) is 0 Å². The summed E-state index contributed by atoms with van der Waals surface area (Å²) in [5, 5.41) is 0. The average molecular weight is 431 g/mol. The van der Waals surface area contributed by atoms with Crippen LogP contribution in [0.5, 0.6) is 0 Å². The van der Waals surface area contributed by atoms with Crippen molar-refractivity contribution < 1.29 is 8.42 Å². The van der Waals surface area contributed by atoms with E-state index in [0.29, 0.717) is 26.2 Å². The van der Waals surface area contributed by atoms with Crippen LogP contribution in [0.4, 0.5) is 5.82 Å². The van der Waals surface area contributed by atoms with E-state index in [4.69, 9.17) is 0 Å². The minimum absolute atomic E-state index is 0.159. The Labute approximate surface area is 159 Å². The van der Waals surface area contributed by atoms with Crippen molar-refractivity contribution in [3.8, 4) is 0 Å². The summed E-state index contributed by atoms with van der Waals surface area (Å²) >= 11 is 3.44.